The Balaban J connectivity index is 3.34. The minimum Gasteiger partial charge on any atom is -0.503 e. The fourth-order valence-corrected chi connectivity index (χ4v) is 1.34. The minimum absolute atomic E-state index is 0.162. The zero-order chi connectivity index (χ0) is 7.72. The molecule has 1 aromatic rings. The van der Waals surface area contributed by atoms with E-state index in [1.165, 1.54) is 0 Å². The third-order valence-electron chi connectivity index (χ3n) is 1.13. The number of aromatic hydroxyl groups is 2. The third kappa shape index (κ3) is 0.807. The van der Waals surface area contributed by atoms with Gasteiger partial charge in [0.25, 0.3) is 0 Å². The molecule has 0 aliphatic carbocycles. The summed E-state index contributed by atoms with van der Waals surface area (Å²) in [6, 6.07) is 1.77. The van der Waals surface area contributed by atoms with Gasteiger partial charge in [-0.3, -0.25) is 0 Å². The van der Waals surface area contributed by atoms with Crippen LogP contribution in [0.15, 0.2) is 0 Å². The Morgan fingerprint density at radius 3 is 2.20 bits per heavy atom. The molecule has 0 radical (unpaired) electrons. The van der Waals surface area contributed by atoms with Crippen LogP contribution in [-0.2, 0) is 0 Å². The molecule has 0 aliphatic heterocycles. The highest BCUT2D eigenvalue weighted by Crippen LogP contribution is 2.38. The van der Waals surface area contributed by atoms with Crippen LogP contribution < -0.4 is 0 Å². The van der Waals surface area contributed by atoms with E-state index in [4.69, 9.17) is 15.5 Å². The number of hydrogen-bond donors (Lipinski definition) is 2. The van der Waals surface area contributed by atoms with Crippen molar-refractivity contribution in [3.63, 3.8) is 0 Å². The molecular formula is C6H5NO2S. The standard InChI is InChI=1S/C6H5NO2S/c1-3-5(8)6(9)4(2-7)10-3/h8-9H,1H3. The number of nitrogens with zero attached hydrogens (tertiary/aromatic N) is 1. The van der Waals surface area contributed by atoms with Crippen LogP contribution in [0, 0.1) is 18.3 Å². The van der Waals surface area contributed by atoms with Crippen LogP contribution >= 0.6 is 11.3 Å². The fraction of sp³-hybridized carbons (Fsp3) is 0.167. The first kappa shape index (κ1) is 6.90. The van der Waals surface area contributed by atoms with Gasteiger partial charge in [-0.15, -0.1) is 11.3 Å². The lowest BCUT2D eigenvalue weighted by atomic mass is 10.4. The van der Waals surface area contributed by atoms with E-state index in [0.29, 0.717) is 4.88 Å². The maximum absolute atomic E-state index is 8.97. The largest absolute Gasteiger partial charge is 0.503 e. The summed E-state index contributed by atoms with van der Waals surface area (Å²) in [6.45, 7) is 1.64. The van der Waals surface area contributed by atoms with Gasteiger partial charge < -0.3 is 10.2 Å². The molecule has 0 amide bonds. The van der Waals surface area contributed by atoms with Gasteiger partial charge in [0.05, 0.1) is 0 Å². The van der Waals surface area contributed by atoms with Crippen LogP contribution in [0.2, 0.25) is 0 Å². The van der Waals surface area contributed by atoms with Crippen molar-refractivity contribution in [2.24, 2.45) is 0 Å². The van der Waals surface area contributed by atoms with Crippen molar-refractivity contribution in [3.05, 3.63) is 9.75 Å². The molecule has 0 spiro atoms. The predicted molar refractivity (Wildman–Crippen MR) is 37.1 cm³/mol. The summed E-state index contributed by atoms with van der Waals surface area (Å²) in [6.07, 6.45) is 0. The Morgan fingerprint density at radius 2 is 2.00 bits per heavy atom. The lowest BCUT2D eigenvalue weighted by Crippen LogP contribution is -1.62. The average molecular weight is 155 g/mol. The van der Waals surface area contributed by atoms with Gasteiger partial charge >= 0.3 is 0 Å². The predicted octanol–water partition coefficient (Wildman–Crippen LogP) is 1.34. The minimum atomic E-state index is -0.301. The van der Waals surface area contributed by atoms with E-state index in [1.54, 1.807) is 13.0 Å². The van der Waals surface area contributed by atoms with Gasteiger partial charge in [0, 0.05) is 4.88 Å². The van der Waals surface area contributed by atoms with Crippen LogP contribution in [0.4, 0.5) is 0 Å². The lowest BCUT2D eigenvalue weighted by molar-refractivity contribution is 0.405. The van der Waals surface area contributed by atoms with Gasteiger partial charge in [-0.25, -0.2) is 0 Å². The van der Waals surface area contributed by atoms with Gasteiger partial charge in [-0.2, -0.15) is 5.26 Å². The zero-order valence-electron chi connectivity index (χ0n) is 5.25. The molecule has 0 unspecified atom stereocenters. The third-order valence-corrected chi connectivity index (χ3v) is 2.12. The molecule has 0 bridgehead atoms. The molecule has 52 valence electrons. The first-order valence-corrected chi connectivity index (χ1v) is 3.40. The molecule has 10 heavy (non-hydrogen) atoms. The second-order valence-corrected chi connectivity index (χ2v) is 3.02. The molecule has 1 rings (SSSR count). The van der Waals surface area contributed by atoms with Gasteiger partial charge in [0.2, 0.25) is 0 Å². The first-order chi connectivity index (χ1) is 4.66. The monoisotopic (exact) mass is 155 g/mol. The Hall–Kier alpha value is -1.21. The van der Waals surface area contributed by atoms with Gasteiger partial charge in [0.15, 0.2) is 16.4 Å². The molecule has 3 nitrogen and oxygen atoms in total. The summed E-state index contributed by atoms with van der Waals surface area (Å²) >= 11 is 1.08. The van der Waals surface area contributed by atoms with E-state index in [0.717, 1.165) is 11.3 Å². The Bertz CT molecular complexity index is 297. The van der Waals surface area contributed by atoms with E-state index >= 15 is 0 Å². The molecule has 0 aromatic carbocycles. The van der Waals surface area contributed by atoms with Gasteiger partial charge in [0.1, 0.15) is 6.07 Å². The molecule has 0 aliphatic rings. The smallest absolute Gasteiger partial charge is 0.187 e. The molecule has 1 heterocycles. The van der Waals surface area contributed by atoms with Crippen molar-refractivity contribution in [2.75, 3.05) is 0 Å². The van der Waals surface area contributed by atoms with E-state index in [2.05, 4.69) is 0 Å². The zero-order valence-corrected chi connectivity index (χ0v) is 6.07. The summed E-state index contributed by atoms with van der Waals surface area (Å²) in [4.78, 5) is 0.726. The van der Waals surface area contributed by atoms with Crippen molar-refractivity contribution in [1.82, 2.24) is 0 Å². The van der Waals surface area contributed by atoms with Gasteiger partial charge in [-0.05, 0) is 6.92 Å². The van der Waals surface area contributed by atoms with Crippen molar-refractivity contribution >= 4 is 11.3 Å². The fourth-order valence-electron chi connectivity index (χ4n) is 0.600. The SMILES string of the molecule is Cc1sc(C#N)c(O)c1O. The lowest BCUT2D eigenvalue weighted by Gasteiger charge is -1.85. The normalized spacial score (nSPS) is 9.20. The van der Waals surface area contributed by atoms with E-state index in [1.807, 2.05) is 0 Å². The summed E-state index contributed by atoms with van der Waals surface area (Å²) in [7, 11) is 0. The number of aryl methyl sites for hydroxylation is 1. The number of hydrogen-bond acceptors (Lipinski definition) is 4. The first-order valence-electron chi connectivity index (χ1n) is 2.58. The maximum atomic E-state index is 8.97. The van der Waals surface area contributed by atoms with Crippen molar-refractivity contribution in [1.29, 1.82) is 5.26 Å². The van der Waals surface area contributed by atoms with Crippen LogP contribution in [0.5, 0.6) is 11.5 Å². The van der Waals surface area contributed by atoms with E-state index in [-0.39, 0.29) is 16.4 Å². The maximum Gasteiger partial charge on any atom is 0.187 e. The molecular weight excluding hydrogens is 150 g/mol. The van der Waals surface area contributed by atoms with Crippen molar-refractivity contribution < 1.29 is 10.2 Å². The number of thiophene rings is 1. The number of rotatable bonds is 0. The van der Waals surface area contributed by atoms with Crippen LogP contribution in [-0.4, -0.2) is 10.2 Å². The summed E-state index contributed by atoms with van der Waals surface area (Å²) in [5, 5.41) is 26.3. The molecule has 0 saturated carbocycles. The van der Waals surface area contributed by atoms with Crippen LogP contribution in [0.1, 0.15) is 9.75 Å². The molecule has 1 aromatic heterocycles. The van der Waals surface area contributed by atoms with Crippen LogP contribution in [0.25, 0.3) is 0 Å². The quantitative estimate of drug-likeness (QED) is 0.594. The van der Waals surface area contributed by atoms with Crippen LogP contribution in [0.3, 0.4) is 0 Å². The van der Waals surface area contributed by atoms with Gasteiger partial charge in [-0.1, -0.05) is 0 Å². The summed E-state index contributed by atoms with van der Waals surface area (Å²) < 4.78 is 0. The second kappa shape index (κ2) is 2.20. The molecule has 4 heteroatoms. The Kier molecular flexibility index (Phi) is 1.52. The van der Waals surface area contributed by atoms with Crippen molar-refractivity contribution in [2.45, 2.75) is 6.92 Å². The molecule has 0 atom stereocenters. The van der Waals surface area contributed by atoms with Crippen molar-refractivity contribution in [3.8, 4) is 17.6 Å². The summed E-state index contributed by atoms with van der Waals surface area (Å²) in [5.41, 5.74) is 0. The highest BCUT2D eigenvalue weighted by atomic mass is 32.1. The van der Waals surface area contributed by atoms with E-state index in [9.17, 15) is 0 Å². The number of nitriles is 1. The van der Waals surface area contributed by atoms with E-state index < -0.39 is 0 Å². The topological polar surface area (TPSA) is 64.2 Å². The summed E-state index contributed by atoms with van der Waals surface area (Å²) in [5.74, 6) is -0.480. The highest BCUT2D eigenvalue weighted by Gasteiger charge is 2.12. The highest BCUT2D eigenvalue weighted by molar-refractivity contribution is 7.13. The Labute approximate surface area is 61.8 Å². The second-order valence-electron chi connectivity index (χ2n) is 1.80. The average Bonchev–Trinajstić information content (AvgIpc) is 2.17. The Morgan fingerprint density at radius 1 is 1.40 bits per heavy atom. The molecule has 2 N–H and O–H groups in total. The molecule has 0 fully saturated rings. The molecule has 0 saturated heterocycles.